The van der Waals surface area contributed by atoms with Crippen molar-refractivity contribution in [1.82, 2.24) is 10.2 Å². The van der Waals surface area contributed by atoms with Gasteiger partial charge in [-0.05, 0) is 33.2 Å². The number of hydrogen-bond donors (Lipinski definition) is 1. The zero-order valence-corrected chi connectivity index (χ0v) is 11.0. The largest absolute Gasteiger partial charge is 0.373 e. The molecule has 0 aromatic heterocycles. The van der Waals surface area contributed by atoms with E-state index >= 15 is 0 Å². The number of rotatable bonds is 6. The summed E-state index contributed by atoms with van der Waals surface area (Å²) in [4.78, 5) is 12.9. The van der Waals surface area contributed by atoms with Gasteiger partial charge in [0.05, 0.1) is 12.2 Å². The number of ether oxygens (including phenoxy) is 1. The summed E-state index contributed by atoms with van der Waals surface area (Å²) in [5.41, 5.74) is 0. The molecule has 1 saturated heterocycles. The van der Waals surface area contributed by atoms with Gasteiger partial charge in [-0.2, -0.15) is 8.78 Å². The number of morpholine rings is 1. The SMILES string of the molecule is C[C@H]1CN(CCCCNC(=O)C(F)F)C[C@H](C)O1. The summed E-state index contributed by atoms with van der Waals surface area (Å²) >= 11 is 0. The normalized spacial score (nSPS) is 25.4. The minimum Gasteiger partial charge on any atom is -0.373 e. The number of amides is 1. The molecular formula is C12H22F2N2O2. The summed E-state index contributed by atoms with van der Waals surface area (Å²) in [7, 11) is 0. The zero-order chi connectivity index (χ0) is 13.5. The van der Waals surface area contributed by atoms with Gasteiger partial charge in [-0.3, -0.25) is 9.69 Å². The minimum absolute atomic E-state index is 0.243. The number of nitrogens with zero attached hydrogens (tertiary/aromatic N) is 1. The maximum atomic E-state index is 11.9. The molecule has 1 rings (SSSR count). The van der Waals surface area contributed by atoms with Gasteiger partial charge in [0.15, 0.2) is 0 Å². The number of halogens is 2. The van der Waals surface area contributed by atoms with Crippen molar-refractivity contribution in [2.45, 2.75) is 45.3 Å². The summed E-state index contributed by atoms with van der Waals surface area (Å²) < 4.78 is 29.4. The lowest BCUT2D eigenvalue weighted by Crippen LogP contribution is -2.45. The fraction of sp³-hybridized carbons (Fsp3) is 0.917. The Hall–Kier alpha value is -0.750. The molecule has 1 amide bonds. The number of hydrogen-bond acceptors (Lipinski definition) is 3. The molecule has 0 bridgehead atoms. The highest BCUT2D eigenvalue weighted by molar-refractivity contribution is 5.78. The van der Waals surface area contributed by atoms with Crippen LogP contribution in [0.1, 0.15) is 26.7 Å². The molecule has 1 fully saturated rings. The van der Waals surface area contributed by atoms with E-state index in [2.05, 4.69) is 10.2 Å². The van der Waals surface area contributed by atoms with Gasteiger partial charge in [0, 0.05) is 19.6 Å². The predicted molar refractivity (Wildman–Crippen MR) is 64.7 cm³/mol. The first-order valence-corrected chi connectivity index (χ1v) is 6.42. The second-order valence-electron chi connectivity index (χ2n) is 4.82. The molecule has 0 aromatic carbocycles. The third-order valence-corrected chi connectivity index (χ3v) is 2.89. The average Bonchev–Trinajstić information content (AvgIpc) is 2.26. The van der Waals surface area contributed by atoms with Crippen molar-refractivity contribution >= 4 is 5.91 Å². The van der Waals surface area contributed by atoms with E-state index in [-0.39, 0.29) is 12.2 Å². The smallest absolute Gasteiger partial charge is 0.315 e. The van der Waals surface area contributed by atoms with Crippen LogP contribution in [0.3, 0.4) is 0 Å². The van der Waals surface area contributed by atoms with E-state index < -0.39 is 12.3 Å². The molecular weight excluding hydrogens is 242 g/mol. The van der Waals surface area contributed by atoms with Crippen molar-refractivity contribution in [3.63, 3.8) is 0 Å². The highest BCUT2D eigenvalue weighted by Crippen LogP contribution is 2.11. The Morgan fingerprint density at radius 1 is 1.33 bits per heavy atom. The van der Waals surface area contributed by atoms with E-state index in [1.807, 2.05) is 13.8 Å². The Morgan fingerprint density at radius 3 is 2.50 bits per heavy atom. The van der Waals surface area contributed by atoms with Crippen LogP contribution < -0.4 is 5.32 Å². The standard InChI is InChI=1S/C12H22F2N2O2/c1-9-7-16(8-10(2)18-9)6-4-3-5-15-12(17)11(13)14/h9-11H,3-8H2,1-2H3,(H,15,17)/t9-,10-/m0/s1. The molecule has 106 valence electrons. The molecule has 18 heavy (non-hydrogen) atoms. The van der Waals surface area contributed by atoms with Gasteiger partial charge in [-0.25, -0.2) is 0 Å². The number of nitrogens with one attached hydrogen (secondary N) is 1. The molecule has 0 unspecified atom stereocenters. The second-order valence-corrected chi connectivity index (χ2v) is 4.82. The van der Waals surface area contributed by atoms with Crippen molar-refractivity contribution in [2.24, 2.45) is 0 Å². The minimum atomic E-state index is -2.91. The van der Waals surface area contributed by atoms with E-state index in [0.717, 1.165) is 32.5 Å². The van der Waals surface area contributed by atoms with Crippen LogP contribution in [0.2, 0.25) is 0 Å². The molecule has 1 heterocycles. The molecule has 0 saturated carbocycles. The quantitative estimate of drug-likeness (QED) is 0.734. The monoisotopic (exact) mass is 264 g/mol. The Balaban J connectivity index is 2.05. The van der Waals surface area contributed by atoms with Crippen LogP contribution >= 0.6 is 0 Å². The van der Waals surface area contributed by atoms with Crippen LogP contribution in [0.15, 0.2) is 0 Å². The fourth-order valence-corrected chi connectivity index (χ4v) is 2.22. The van der Waals surface area contributed by atoms with Crippen LogP contribution in [-0.2, 0) is 9.53 Å². The van der Waals surface area contributed by atoms with Crippen LogP contribution in [0.25, 0.3) is 0 Å². The van der Waals surface area contributed by atoms with E-state index in [0.29, 0.717) is 6.54 Å². The summed E-state index contributed by atoms with van der Waals surface area (Å²) in [5.74, 6) is -1.18. The van der Waals surface area contributed by atoms with Crippen molar-refractivity contribution in [1.29, 1.82) is 0 Å². The lowest BCUT2D eigenvalue weighted by molar-refractivity contribution is -0.131. The van der Waals surface area contributed by atoms with E-state index in [1.54, 1.807) is 0 Å². The second kappa shape index (κ2) is 7.63. The molecule has 1 aliphatic rings. The topological polar surface area (TPSA) is 41.6 Å². The average molecular weight is 264 g/mol. The third-order valence-electron chi connectivity index (χ3n) is 2.89. The van der Waals surface area contributed by atoms with Crippen molar-refractivity contribution < 1.29 is 18.3 Å². The van der Waals surface area contributed by atoms with E-state index in [4.69, 9.17) is 4.74 Å². The Labute approximate surface area is 107 Å². The van der Waals surface area contributed by atoms with Gasteiger partial charge in [-0.15, -0.1) is 0 Å². The van der Waals surface area contributed by atoms with Gasteiger partial charge in [0.25, 0.3) is 5.91 Å². The van der Waals surface area contributed by atoms with Crippen LogP contribution in [-0.4, -0.2) is 55.6 Å². The fourth-order valence-electron chi connectivity index (χ4n) is 2.22. The molecule has 1 aliphatic heterocycles. The molecule has 0 radical (unpaired) electrons. The lowest BCUT2D eigenvalue weighted by atomic mass is 10.2. The lowest BCUT2D eigenvalue weighted by Gasteiger charge is -2.35. The van der Waals surface area contributed by atoms with E-state index in [1.165, 1.54) is 0 Å². The molecule has 0 spiro atoms. The number of carbonyl (C=O) groups excluding carboxylic acids is 1. The molecule has 2 atom stereocenters. The number of carbonyl (C=O) groups is 1. The van der Waals surface area contributed by atoms with Gasteiger partial charge >= 0.3 is 6.43 Å². The number of unbranched alkanes of at least 4 members (excludes halogenated alkanes) is 1. The Morgan fingerprint density at radius 2 is 1.94 bits per heavy atom. The van der Waals surface area contributed by atoms with Crippen molar-refractivity contribution in [3.8, 4) is 0 Å². The van der Waals surface area contributed by atoms with Gasteiger partial charge in [-0.1, -0.05) is 0 Å². The molecule has 0 aromatic rings. The highest BCUT2D eigenvalue weighted by atomic mass is 19.3. The third kappa shape index (κ3) is 5.73. The van der Waals surface area contributed by atoms with Crippen LogP contribution in [0, 0.1) is 0 Å². The molecule has 0 aliphatic carbocycles. The first-order valence-electron chi connectivity index (χ1n) is 6.42. The van der Waals surface area contributed by atoms with E-state index in [9.17, 15) is 13.6 Å². The highest BCUT2D eigenvalue weighted by Gasteiger charge is 2.21. The molecule has 1 N–H and O–H groups in total. The molecule has 6 heteroatoms. The van der Waals surface area contributed by atoms with Gasteiger partial charge < -0.3 is 10.1 Å². The Kier molecular flexibility index (Phi) is 6.49. The zero-order valence-electron chi connectivity index (χ0n) is 11.0. The predicted octanol–water partition coefficient (Wildman–Crippen LogP) is 1.26. The van der Waals surface area contributed by atoms with Crippen molar-refractivity contribution in [2.75, 3.05) is 26.2 Å². The van der Waals surface area contributed by atoms with Crippen molar-refractivity contribution in [3.05, 3.63) is 0 Å². The maximum absolute atomic E-state index is 11.9. The summed E-state index contributed by atoms with van der Waals surface area (Å²) in [6, 6.07) is 0. The van der Waals surface area contributed by atoms with Crippen LogP contribution in [0.4, 0.5) is 8.78 Å². The molecule has 4 nitrogen and oxygen atoms in total. The number of alkyl halides is 2. The maximum Gasteiger partial charge on any atom is 0.315 e. The summed E-state index contributed by atoms with van der Waals surface area (Å²) in [6.07, 6.45) is -0.813. The van der Waals surface area contributed by atoms with Gasteiger partial charge in [0.2, 0.25) is 0 Å². The summed E-state index contributed by atoms with van der Waals surface area (Å²) in [5, 5.41) is 2.21. The van der Waals surface area contributed by atoms with Gasteiger partial charge in [0.1, 0.15) is 0 Å². The summed E-state index contributed by atoms with van der Waals surface area (Å²) in [6.45, 7) is 7.15. The Bertz CT molecular complexity index is 254. The first-order chi connectivity index (χ1) is 8.49. The van der Waals surface area contributed by atoms with Crippen LogP contribution in [0.5, 0.6) is 0 Å². The first kappa shape index (κ1) is 15.3.